The molecule has 0 radical (unpaired) electrons. The van der Waals surface area contributed by atoms with E-state index in [2.05, 4.69) is 10.3 Å². The van der Waals surface area contributed by atoms with Crippen LogP contribution in [0.2, 0.25) is 0 Å². The fourth-order valence-electron chi connectivity index (χ4n) is 3.13. The van der Waals surface area contributed by atoms with E-state index in [1.54, 1.807) is 29.4 Å². The van der Waals surface area contributed by atoms with Crippen molar-refractivity contribution in [2.45, 2.75) is 19.4 Å². The highest BCUT2D eigenvalue weighted by Crippen LogP contribution is 2.29. The van der Waals surface area contributed by atoms with Gasteiger partial charge in [0.15, 0.2) is 11.6 Å². The Morgan fingerprint density at radius 3 is 2.58 bits per heavy atom. The van der Waals surface area contributed by atoms with Gasteiger partial charge in [0.1, 0.15) is 5.69 Å². The highest BCUT2D eigenvalue weighted by Gasteiger charge is 2.27. The van der Waals surface area contributed by atoms with Crippen molar-refractivity contribution in [3.8, 4) is 6.07 Å². The summed E-state index contributed by atoms with van der Waals surface area (Å²) in [6, 6.07) is 7.49. The third-order valence-corrected chi connectivity index (χ3v) is 4.52. The van der Waals surface area contributed by atoms with E-state index in [-0.39, 0.29) is 23.1 Å². The molecular weight excluding hydrogens is 338 g/mol. The van der Waals surface area contributed by atoms with Crippen molar-refractivity contribution >= 4 is 11.6 Å². The molecule has 1 saturated heterocycles. The second kappa shape index (κ2) is 7.91. The zero-order valence-electron chi connectivity index (χ0n) is 14.1. The summed E-state index contributed by atoms with van der Waals surface area (Å²) in [7, 11) is 0. The summed E-state index contributed by atoms with van der Waals surface area (Å²) in [5.41, 5.74) is 0.742. The van der Waals surface area contributed by atoms with Gasteiger partial charge in [0.2, 0.25) is 5.91 Å². The van der Waals surface area contributed by atoms with E-state index in [1.807, 2.05) is 6.07 Å². The normalized spacial score (nSPS) is 14.7. The molecule has 26 heavy (non-hydrogen) atoms. The van der Waals surface area contributed by atoms with Crippen molar-refractivity contribution < 1.29 is 13.6 Å². The first-order chi connectivity index (χ1) is 12.6. The molecule has 1 aromatic heterocycles. The van der Waals surface area contributed by atoms with Gasteiger partial charge in [-0.3, -0.25) is 9.78 Å². The van der Waals surface area contributed by atoms with Crippen LogP contribution in [0, 0.1) is 28.9 Å². The Balaban J connectivity index is 1.57. The van der Waals surface area contributed by atoms with Crippen LogP contribution in [0.1, 0.15) is 24.0 Å². The third-order valence-electron chi connectivity index (χ3n) is 4.52. The number of benzene rings is 1. The van der Waals surface area contributed by atoms with Crippen LogP contribution in [0.15, 0.2) is 36.7 Å². The second-order valence-electron chi connectivity index (χ2n) is 6.24. The first-order valence-electron chi connectivity index (χ1n) is 8.39. The average molecular weight is 356 g/mol. The Morgan fingerprint density at radius 1 is 1.31 bits per heavy atom. The largest absolute Gasteiger partial charge is 0.367 e. The molecule has 1 N–H and O–H groups in total. The fraction of sp³-hybridized carbons (Fsp3) is 0.316. The molecule has 1 aromatic carbocycles. The SMILES string of the molecule is N#Cc1cc(F)c(N2CCC(C(=O)NCc3cccnc3)CC2)c(F)c1. The van der Waals surface area contributed by atoms with E-state index in [9.17, 15) is 13.6 Å². The number of hydrogen-bond acceptors (Lipinski definition) is 4. The number of hydrogen-bond donors (Lipinski definition) is 1. The summed E-state index contributed by atoms with van der Waals surface area (Å²) in [5, 5.41) is 11.7. The highest BCUT2D eigenvalue weighted by molar-refractivity contribution is 5.79. The Morgan fingerprint density at radius 2 is 2.00 bits per heavy atom. The minimum absolute atomic E-state index is 0.0478. The fourth-order valence-corrected chi connectivity index (χ4v) is 3.13. The quantitative estimate of drug-likeness (QED) is 0.915. The molecule has 7 heteroatoms. The lowest BCUT2D eigenvalue weighted by molar-refractivity contribution is -0.125. The number of halogens is 2. The number of anilines is 1. The molecule has 2 aromatic rings. The number of nitrogens with zero attached hydrogens (tertiary/aromatic N) is 3. The molecule has 1 fully saturated rings. The van der Waals surface area contributed by atoms with Gasteiger partial charge in [0, 0.05) is 37.9 Å². The van der Waals surface area contributed by atoms with Crippen LogP contribution in [0.4, 0.5) is 14.5 Å². The number of pyridine rings is 1. The molecule has 134 valence electrons. The van der Waals surface area contributed by atoms with Crippen molar-refractivity contribution in [2.24, 2.45) is 5.92 Å². The maximum absolute atomic E-state index is 14.1. The van der Waals surface area contributed by atoms with Gasteiger partial charge in [-0.15, -0.1) is 0 Å². The van der Waals surface area contributed by atoms with Gasteiger partial charge in [-0.2, -0.15) is 5.26 Å². The van der Waals surface area contributed by atoms with Crippen molar-refractivity contribution in [2.75, 3.05) is 18.0 Å². The van der Waals surface area contributed by atoms with Gasteiger partial charge in [0.25, 0.3) is 0 Å². The van der Waals surface area contributed by atoms with E-state index >= 15 is 0 Å². The zero-order valence-corrected chi connectivity index (χ0v) is 14.1. The Hall–Kier alpha value is -3.01. The summed E-state index contributed by atoms with van der Waals surface area (Å²) < 4.78 is 28.3. The molecule has 3 rings (SSSR count). The maximum Gasteiger partial charge on any atom is 0.223 e. The summed E-state index contributed by atoms with van der Waals surface area (Å²) in [6.07, 6.45) is 4.39. The number of carbonyl (C=O) groups excluding carboxylic acids is 1. The van der Waals surface area contributed by atoms with E-state index < -0.39 is 11.6 Å². The number of piperidine rings is 1. The van der Waals surface area contributed by atoms with Crippen molar-refractivity contribution in [3.63, 3.8) is 0 Å². The molecule has 0 spiro atoms. The van der Waals surface area contributed by atoms with Crippen LogP contribution in [-0.2, 0) is 11.3 Å². The first kappa shape index (κ1) is 17.8. The summed E-state index contributed by atoms with van der Waals surface area (Å²) in [4.78, 5) is 17.9. The van der Waals surface area contributed by atoms with Gasteiger partial charge in [-0.1, -0.05) is 6.07 Å². The lowest BCUT2D eigenvalue weighted by Crippen LogP contribution is -2.41. The van der Waals surface area contributed by atoms with Crippen LogP contribution in [-0.4, -0.2) is 24.0 Å². The smallest absolute Gasteiger partial charge is 0.223 e. The van der Waals surface area contributed by atoms with E-state index in [0.717, 1.165) is 17.7 Å². The van der Waals surface area contributed by atoms with Crippen LogP contribution >= 0.6 is 0 Å². The Bertz CT molecular complexity index is 804. The zero-order chi connectivity index (χ0) is 18.5. The number of aromatic nitrogens is 1. The van der Waals surface area contributed by atoms with Crippen molar-refractivity contribution in [1.82, 2.24) is 10.3 Å². The number of nitriles is 1. The molecule has 1 amide bonds. The minimum atomic E-state index is -0.749. The summed E-state index contributed by atoms with van der Waals surface area (Å²) in [5.74, 6) is -1.75. The van der Waals surface area contributed by atoms with Gasteiger partial charge in [-0.05, 0) is 36.6 Å². The predicted octanol–water partition coefficient (Wildman–Crippen LogP) is 2.76. The Labute approximate surface area is 150 Å². The molecule has 0 saturated carbocycles. The second-order valence-corrected chi connectivity index (χ2v) is 6.24. The van der Waals surface area contributed by atoms with E-state index in [1.165, 1.54) is 0 Å². The molecule has 5 nitrogen and oxygen atoms in total. The summed E-state index contributed by atoms with van der Waals surface area (Å²) in [6.45, 7) is 1.17. The van der Waals surface area contributed by atoms with Crippen molar-refractivity contribution in [1.29, 1.82) is 5.26 Å². The highest BCUT2D eigenvalue weighted by atomic mass is 19.1. The number of amides is 1. The van der Waals surface area contributed by atoms with Gasteiger partial charge < -0.3 is 10.2 Å². The average Bonchev–Trinajstić information content (AvgIpc) is 2.67. The molecule has 0 bridgehead atoms. The number of carbonyl (C=O) groups is 1. The first-order valence-corrected chi connectivity index (χ1v) is 8.39. The van der Waals surface area contributed by atoms with Crippen molar-refractivity contribution in [3.05, 3.63) is 59.4 Å². The van der Waals surface area contributed by atoms with Gasteiger partial charge in [0.05, 0.1) is 11.6 Å². The van der Waals surface area contributed by atoms with Crippen LogP contribution in [0.3, 0.4) is 0 Å². The molecule has 1 aliphatic rings. The minimum Gasteiger partial charge on any atom is -0.367 e. The lowest BCUT2D eigenvalue weighted by atomic mass is 9.95. The number of rotatable bonds is 4. The van der Waals surface area contributed by atoms with Crippen LogP contribution < -0.4 is 10.2 Å². The van der Waals surface area contributed by atoms with Crippen LogP contribution in [0.25, 0.3) is 0 Å². The lowest BCUT2D eigenvalue weighted by Gasteiger charge is -2.33. The predicted molar refractivity (Wildman–Crippen MR) is 92.1 cm³/mol. The molecule has 2 heterocycles. The standard InChI is InChI=1S/C19H18F2N4O/c20-16-8-14(10-22)9-17(21)18(16)25-6-3-15(4-7-25)19(26)24-12-13-2-1-5-23-11-13/h1-2,5,8-9,11,15H,3-4,6-7,12H2,(H,24,26). The Kier molecular flexibility index (Phi) is 5.42. The molecule has 1 aliphatic heterocycles. The third kappa shape index (κ3) is 3.97. The van der Waals surface area contributed by atoms with Crippen LogP contribution in [0.5, 0.6) is 0 Å². The monoisotopic (exact) mass is 356 g/mol. The maximum atomic E-state index is 14.1. The van der Waals surface area contributed by atoms with Gasteiger partial charge >= 0.3 is 0 Å². The molecule has 0 atom stereocenters. The van der Waals surface area contributed by atoms with Gasteiger partial charge in [-0.25, -0.2) is 8.78 Å². The van der Waals surface area contributed by atoms with E-state index in [4.69, 9.17) is 5.26 Å². The topological polar surface area (TPSA) is 69.0 Å². The summed E-state index contributed by atoms with van der Waals surface area (Å²) >= 11 is 0. The number of nitrogens with one attached hydrogen (secondary N) is 1. The molecule has 0 aliphatic carbocycles. The molecular formula is C19H18F2N4O. The molecule has 0 unspecified atom stereocenters. The van der Waals surface area contributed by atoms with E-state index in [0.29, 0.717) is 32.5 Å².